The average Bonchev–Trinajstić information content (AvgIpc) is 2.68. The minimum absolute atomic E-state index is 0.0849. The summed E-state index contributed by atoms with van der Waals surface area (Å²) in [6.07, 6.45) is 2.98. The van der Waals surface area contributed by atoms with Gasteiger partial charge in [0.2, 0.25) is 0 Å². The molecule has 140 valence electrons. The quantitative estimate of drug-likeness (QED) is 0.279. The molecule has 1 aromatic carbocycles. The zero-order chi connectivity index (χ0) is 20.4. The van der Waals surface area contributed by atoms with E-state index in [-0.39, 0.29) is 12.3 Å². The highest BCUT2D eigenvalue weighted by Gasteiger charge is 2.50. The highest BCUT2D eigenvalue weighted by molar-refractivity contribution is 6.08. The Labute approximate surface area is 157 Å². The third-order valence-corrected chi connectivity index (χ3v) is 3.80. The molecule has 4 N–H and O–H groups in total. The molecule has 0 aliphatic carbocycles. The molecule has 1 atom stereocenters. The summed E-state index contributed by atoms with van der Waals surface area (Å²) in [7, 11) is 2.65. The van der Waals surface area contributed by atoms with Crippen LogP contribution in [0.4, 0.5) is 5.69 Å². The lowest BCUT2D eigenvalue weighted by Gasteiger charge is -2.27. The molecule has 0 spiro atoms. The number of rotatable bonds is 6. The van der Waals surface area contributed by atoms with E-state index in [2.05, 4.69) is 29.0 Å². The molecule has 0 radical (unpaired) electrons. The normalized spacial score (nSPS) is 12.0. The van der Waals surface area contributed by atoms with Gasteiger partial charge in [0.25, 0.3) is 23.0 Å². The number of primary amides is 1. The highest BCUT2D eigenvalue weighted by atomic mass is 16.3. The average molecular weight is 369 g/mol. The molecule has 1 rings (SSSR count). The van der Waals surface area contributed by atoms with Crippen molar-refractivity contribution in [2.45, 2.75) is 12.5 Å². The largest absolute Gasteiger partial charge is 0.392 e. The number of benzene rings is 1. The first-order chi connectivity index (χ1) is 12.8. The molecular formula is C19H21N4O4+. The van der Waals surface area contributed by atoms with E-state index in [1.165, 1.54) is 45.3 Å². The molecule has 0 fully saturated rings. The van der Waals surface area contributed by atoms with Crippen molar-refractivity contribution in [3.05, 3.63) is 46.9 Å². The number of aliphatic hydroxyl groups is 1. The molecule has 0 heterocycles. The van der Waals surface area contributed by atoms with Crippen molar-refractivity contribution in [2.24, 2.45) is 5.73 Å². The Kier molecular flexibility index (Phi) is 7.74. The maximum absolute atomic E-state index is 12.6. The second-order valence-corrected chi connectivity index (χ2v) is 5.46. The molecule has 1 aromatic rings. The number of nitrogens with two attached hydrogens (primary N) is 1. The van der Waals surface area contributed by atoms with Crippen LogP contribution in [-0.4, -0.2) is 53.0 Å². The van der Waals surface area contributed by atoms with Gasteiger partial charge in [-0.15, -0.1) is 5.01 Å². The van der Waals surface area contributed by atoms with Crippen LogP contribution in [-0.2, 0) is 9.59 Å². The van der Waals surface area contributed by atoms with Crippen LogP contribution in [0.25, 0.3) is 0 Å². The fraction of sp³-hybridized carbons (Fsp3) is 0.263. The number of carbonyl (C=O) groups excluding carboxylic acids is 2. The Balaban J connectivity index is 3.00. The van der Waals surface area contributed by atoms with Crippen molar-refractivity contribution in [1.82, 2.24) is 10.3 Å². The van der Waals surface area contributed by atoms with E-state index < -0.39 is 17.4 Å². The van der Waals surface area contributed by atoms with E-state index in [0.29, 0.717) is 10.4 Å². The topological polar surface area (TPSA) is 116 Å². The van der Waals surface area contributed by atoms with Crippen LogP contribution in [0.1, 0.15) is 12.5 Å². The van der Waals surface area contributed by atoms with E-state index in [4.69, 9.17) is 10.8 Å². The number of nitrogens with one attached hydrogen (secondary N) is 1. The molecule has 0 bridgehead atoms. The Bertz CT molecular complexity index is 869. The molecule has 0 aliphatic rings. The van der Waals surface area contributed by atoms with E-state index in [0.717, 1.165) is 5.01 Å². The predicted molar refractivity (Wildman–Crippen MR) is 100 cm³/mol. The number of nitrogens with zero attached hydrogens (tertiary/aromatic N) is 2. The first kappa shape index (κ1) is 21.4. The van der Waals surface area contributed by atoms with E-state index in [1.54, 1.807) is 12.1 Å². The van der Waals surface area contributed by atoms with Gasteiger partial charge in [0.05, 0.1) is 18.6 Å². The first-order valence-corrected chi connectivity index (χ1v) is 7.89. The molecular weight excluding hydrogens is 348 g/mol. The second kappa shape index (κ2) is 9.76. The van der Waals surface area contributed by atoms with Crippen molar-refractivity contribution >= 4 is 17.5 Å². The first-order valence-electron chi connectivity index (χ1n) is 7.89. The summed E-state index contributed by atoms with van der Waals surface area (Å²) in [4.78, 5) is 36.8. The molecule has 0 aliphatic heterocycles. The number of hydrogen-bond donors (Lipinski definition) is 3. The molecule has 2 amide bonds. The Morgan fingerprint density at radius 3 is 2.48 bits per heavy atom. The lowest BCUT2D eigenvalue weighted by atomic mass is 10.00. The number of hydrazine groups is 1. The maximum atomic E-state index is 12.6. The maximum Gasteiger partial charge on any atom is 0.292 e. The van der Waals surface area contributed by atoms with Gasteiger partial charge in [-0.3, -0.25) is 9.59 Å². The van der Waals surface area contributed by atoms with Crippen LogP contribution < -0.4 is 11.1 Å². The van der Waals surface area contributed by atoms with Gasteiger partial charge in [0.1, 0.15) is 0 Å². The number of amides is 2. The van der Waals surface area contributed by atoms with Crippen LogP contribution >= 0.6 is 0 Å². The lowest BCUT2D eigenvalue weighted by molar-refractivity contribution is -0.645. The van der Waals surface area contributed by atoms with Crippen LogP contribution in [0, 0.1) is 28.6 Å². The zero-order valence-electron chi connectivity index (χ0n) is 15.3. The fourth-order valence-electron chi connectivity index (χ4n) is 1.98. The van der Waals surface area contributed by atoms with E-state index in [9.17, 15) is 14.5 Å². The van der Waals surface area contributed by atoms with Gasteiger partial charge in [-0.1, -0.05) is 17.9 Å². The number of nitroso groups, excluding NO2 is 1. The number of hydrogen-bond acceptors (Lipinski definition) is 4. The number of allylic oxidation sites excluding steroid dienone is 1. The van der Waals surface area contributed by atoms with Gasteiger partial charge in [0, 0.05) is 24.7 Å². The van der Waals surface area contributed by atoms with Gasteiger partial charge in [0.15, 0.2) is 4.87 Å². The zero-order valence-corrected chi connectivity index (χ0v) is 15.3. The van der Waals surface area contributed by atoms with Crippen molar-refractivity contribution in [1.29, 1.82) is 0 Å². The van der Waals surface area contributed by atoms with Crippen molar-refractivity contribution in [2.75, 3.05) is 20.7 Å². The smallest absolute Gasteiger partial charge is 0.292 e. The fourth-order valence-corrected chi connectivity index (χ4v) is 1.98. The Hall–Kier alpha value is -3.62. The summed E-state index contributed by atoms with van der Waals surface area (Å²) in [6.45, 7) is 1.18. The third-order valence-electron chi connectivity index (χ3n) is 3.80. The molecule has 8 heteroatoms. The minimum Gasteiger partial charge on any atom is -0.392 e. The van der Waals surface area contributed by atoms with Crippen molar-refractivity contribution < 1.29 is 19.6 Å². The summed E-state index contributed by atoms with van der Waals surface area (Å²) < 4.78 is 0. The summed E-state index contributed by atoms with van der Waals surface area (Å²) in [6, 6.07) is 6.21. The standard InChI is InChI=1S/C19H20N4O4/c1-19(17(20)25,18(26)21-2)22(3)23(27)16-12-10-15(11-13-16)9-7-5-4-6-8-14-24/h6,8,10-13,24H,14H2,1-3H3,(H2-,20,21,25,26)/p+1. The Morgan fingerprint density at radius 1 is 1.33 bits per heavy atom. The van der Waals surface area contributed by atoms with Crippen LogP contribution in [0.2, 0.25) is 0 Å². The second-order valence-electron chi connectivity index (χ2n) is 5.46. The summed E-state index contributed by atoms with van der Waals surface area (Å²) in [5, 5.41) is 11.8. The SMILES string of the molecule is CNC(=O)C(C)(C(N)=O)N(C)[N+](=O)c1ccc(C#CC#CC=CCO)cc1. The van der Waals surface area contributed by atoms with Gasteiger partial charge in [-0.05, 0) is 37.0 Å². The van der Waals surface area contributed by atoms with E-state index >= 15 is 0 Å². The molecule has 27 heavy (non-hydrogen) atoms. The minimum atomic E-state index is -1.85. The molecule has 0 saturated carbocycles. The van der Waals surface area contributed by atoms with Gasteiger partial charge < -0.3 is 16.2 Å². The van der Waals surface area contributed by atoms with Crippen LogP contribution in [0.3, 0.4) is 0 Å². The number of carbonyl (C=O) groups is 2. The van der Waals surface area contributed by atoms with Crippen LogP contribution in [0.5, 0.6) is 0 Å². The van der Waals surface area contributed by atoms with Gasteiger partial charge in [-0.25, -0.2) is 0 Å². The van der Waals surface area contributed by atoms with Crippen molar-refractivity contribution in [3.63, 3.8) is 0 Å². The summed E-state index contributed by atoms with van der Waals surface area (Å²) >= 11 is 0. The van der Waals surface area contributed by atoms with E-state index in [1.807, 2.05) is 0 Å². The summed E-state index contributed by atoms with van der Waals surface area (Å²) in [5.74, 6) is 9.00. The Morgan fingerprint density at radius 2 is 1.96 bits per heavy atom. The third kappa shape index (κ3) is 5.18. The predicted octanol–water partition coefficient (Wildman–Crippen LogP) is -0.163. The number of aliphatic hydroxyl groups excluding tert-OH is 1. The van der Waals surface area contributed by atoms with Gasteiger partial charge in [-0.2, -0.15) is 0 Å². The van der Waals surface area contributed by atoms with Crippen molar-refractivity contribution in [3.8, 4) is 23.7 Å². The van der Waals surface area contributed by atoms with Crippen LogP contribution in [0.15, 0.2) is 36.4 Å². The molecule has 0 saturated heterocycles. The summed E-state index contributed by atoms with van der Waals surface area (Å²) in [5.41, 5.74) is 4.29. The lowest BCUT2D eigenvalue weighted by Crippen LogP contribution is -2.64. The molecule has 1 unspecified atom stereocenters. The molecule has 8 nitrogen and oxygen atoms in total. The highest BCUT2D eigenvalue weighted by Crippen LogP contribution is 2.20. The molecule has 0 aromatic heterocycles. The monoisotopic (exact) mass is 369 g/mol. The number of likely N-dealkylation sites (N-methyl/N-ethyl adjacent to an activating group) is 2. The van der Waals surface area contributed by atoms with Gasteiger partial charge >= 0.3 is 0 Å².